The number of unbranched alkanes of at least 4 members (excludes halogenated alkanes) is 3. The molecule has 0 saturated carbocycles. The largest absolute Gasteiger partial charge is 0.464 e. The van der Waals surface area contributed by atoms with Crippen molar-refractivity contribution in [1.82, 2.24) is 5.32 Å². The fraction of sp³-hybridized carbons (Fsp3) is 0.769. The van der Waals surface area contributed by atoms with Gasteiger partial charge in [0.25, 0.3) is 0 Å². The number of hydrogen-bond acceptors (Lipinski definition) is 4. The van der Waals surface area contributed by atoms with Crippen LogP contribution in [0.5, 0.6) is 0 Å². The van der Waals surface area contributed by atoms with Gasteiger partial charge in [0.1, 0.15) is 11.8 Å². The van der Waals surface area contributed by atoms with E-state index in [2.05, 4.69) is 12.2 Å². The first kappa shape index (κ1) is 14.7. The second kappa shape index (κ2) is 7.84. The summed E-state index contributed by atoms with van der Waals surface area (Å²) < 4.78 is 4.72. The third-order valence-corrected chi connectivity index (χ3v) is 2.94. The first-order valence-corrected chi connectivity index (χ1v) is 6.61. The van der Waals surface area contributed by atoms with Gasteiger partial charge in [0.05, 0.1) is 13.0 Å². The van der Waals surface area contributed by atoms with Crippen LogP contribution < -0.4 is 5.32 Å². The Morgan fingerprint density at radius 3 is 2.72 bits per heavy atom. The average Bonchev–Trinajstić information content (AvgIpc) is 2.70. The van der Waals surface area contributed by atoms with Crippen LogP contribution in [-0.4, -0.2) is 30.3 Å². The molecule has 5 heteroatoms. The van der Waals surface area contributed by atoms with Gasteiger partial charge < -0.3 is 10.1 Å². The van der Waals surface area contributed by atoms with E-state index in [0.717, 1.165) is 25.7 Å². The number of esters is 1. The summed E-state index contributed by atoms with van der Waals surface area (Å²) in [4.78, 5) is 34.1. The SMILES string of the molecule is CCCCCCC(=O)CC(=O)NC1CCOC1=O. The zero-order chi connectivity index (χ0) is 13.4. The smallest absolute Gasteiger partial charge is 0.328 e. The summed E-state index contributed by atoms with van der Waals surface area (Å²) in [6.07, 6.45) is 4.92. The minimum Gasteiger partial charge on any atom is -0.464 e. The Morgan fingerprint density at radius 2 is 2.11 bits per heavy atom. The first-order chi connectivity index (χ1) is 8.63. The molecule has 5 nitrogen and oxygen atoms in total. The van der Waals surface area contributed by atoms with Crippen molar-refractivity contribution < 1.29 is 19.1 Å². The molecule has 0 bridgehead atoms. The summed E-state index contributed by atoms with van der Waals surface area (Å²) in [6.45, 7) is 2.45. The van der Waals surface area contributed by atoms with E-state index in [-0.39, 0.29) is 18.1 Å². The van der Waals surface area contributed by atoms with E-state index in [1.807, 2.05) is 0 Å². The quantitative estimate of drug-likeness (QED) is 0.403. The van der Waals surface area contributed by atoms with Crippen LogP contribution in [0.15, 0.2) is 0 Å². The van der Waals surface area contributed by atoms with Crippen molar-refractivity contribution in [3.8, 4) is 0 Å². The van der Waals surface area contributed by atoms with Crippen LogP contribution in [0.2, 0.25) is 0 Å². The van der Waals surface area contributed by atoms with Crippen molar-refractivity contribution in [3.05, 3.63) is 0 Å². The summed E-state index contributed by atoms with van der Waals surface area (Å²) in [5.74, 6) is -0.840. The fourth-order valence-electron chi connectivity index (χ4n) is 1.89. The summed E-state index contributed by atoms with van der Waals surface area (Å²) in [5, 5.41) is 2.53. The predicted octanol–water partition coefficient (Wildman–Crippen LogP) is 1.35. The lowest BCUT2D eigenvalue weighted by Crippen LogP contribution is -2.38. The van der Waals surface area contributed by atoms with E-state index >= 15 is 0 Å². The molecule has 18 heavy (non-hydrogen) atoms. The normalized spacial score (nSPS) is 18.5. The number of carbonyl (C=O) groups excluding carboxylic acids is 3. The highest BCUT2D eigenvalue weighted by atomic mass is 16.5. The van der Waals surface area contributed by atoms with Gasteiger partial charge in [0.2, 0.25) is 5.91 Å². The molecule has 0 aromatic heterocycles. The third-order valence-electron chi connectivity index (χ3n) is 2.94. The molecule has 0 aromatic rings. The molecule has 0 aliphatic carbocycles. The van der Waals surface area contributed by atoms with E-state index in [1.54, 1.807) is 0 Å². The third kappa shape index (κ3) is 5.29. The van der Waals surface area contributed by atoms with Gasteiger partial charge in [-0.15, -0.1) is 0 Å². The van der Waals surface area contributed by atoms with Crippen LogP contribution in [0.4, 0.5) is 0 Å². The molecule has 1 aliphatic rings. The number of amides is 1. The van der Waals surface area contributed by atoms with Crippen molar-refractivity contribution in [1.29, 1.82) is 0 Å². The molecule has 1 atom stereocenters. The van der Waals surface area contributed by atoms with E-state index < -0.39 is 12.0 Å². The number of ketones is 1. The van der Waals surface area contributed by atoms with E-state index in [4.69, 9.17) is 4.74 Å². The van der Waals surface area contributed by atoms with Gasteiger partial charge in [0.15, 0.2) is 0 Å². The lowest BCUT2D eigenvalue weighted by Gasteiger charge is -2.08. The van der Waals surface area contributed by atoms with Crippen molar-refractivity contribution in [3.63, 3.8) is 0 Å². The van der Waals surface area contributed by atoms with Crippen LogP contribution in [0.1, 0.15) is 51.9 Å². The molecule has 1 unspecified atom stereocenters. The maximum Gasteiger partial charge on any atom is 0.328 e. The van der Waals surface area contributed by atoms with Crippen LogP contribution >= 0.6 is 0 Å². The number of ether oxygens (including phenoxy) is 1. The topological polar surface area (TPSA) is 72.5 Å². The highest BCUT2D eigenvalue weighted by molar-refractivity contribution is 5.99. The molecule has 1 rings (SSSR count). The zero-order valence-corrected chi connectivity index (χ0v) is 10.9. The molecular formula is C13H21NO4. The Balaban J connectivity index is 2.15. The average molecular weight is 255 g/mol. The van der Waals surface area contributed by atoms with E-state index in [9.17, 15) is 14.4 Å². The minimum atomic E-state index is -0.564. The highest BCUT2D eigenvalue weighted by Gasteiger charge is 2.28. The molecular weight excluding hydrogens is 234 g/mol. The summed E-state index contributed by atoms with van der Waals surface area (Å²) in [5.41, 5.74) is 0. The number of Topliss-reactive ketones (excluding diaryl/α,β-unsaturated/α-hetero) is 1. The number of cyclic esters (lactones) is 1. The molecule has 0 spiro atoms. The fourth-order valence-corrected chi connectivity index (χ4v) is 1.89. The van der Waals surface area contributed by atoms with Crippen LogP contribution in [0, 0.1) is 0 Å². The molecule has 0 aromatic carbocycles. The first-order valence-electron chi connectivity index (χ1n) is 6.61. The van der Waals surface area contributed by atoms with Crippen LogP contribution in [0.3, 0.4) is 0 Å². The van der Waals surface area contributed by atoms with Crippen molar-refractivity contribution in [2.45, 2.75) is 57.9 Å². The van der Waals surface area contributed by atoms with Gasteiger partial charge in [-0.25, -0.2) is 4.79 Å². The number of nitrogens with one attached hydrogen (secondary N) is 1. The molecule has 1 N–H and O–H groups in total. The van der Waals surface area contributed by atoms with Crippen LogP contribution in [-0.2, 0) is 19.1 Å². The maximum absolute atomic E-state index is 11.5. The Labute approximate surface area is 107 Å². The van der Waals surface area contributed by atoms with Gasteiger partial charge in [-0.1, -0.05) is 26.2 Å². The molecule has 1 heterocycles. The maximum atomic E-state index is 11.5. The van der Waals surface area contributed by atoms with Gasteiger partial charge in [0, 0.05) is 12.8 Å². The summed E-state index contributed by atoms with van der Waals surface area (Å²) >= 11 is 0. The van der Waals surface area contributed by atoms with E-state index in [1.165, 1.54) is 0 Å². The van der Waals surface area contributed by atoms with Gasteiger partial charge in [-0.2, -0.15) is 0 Å². The Hall–Kier alpha value is -1.39. The van der Waals surface area contributed by atoms with Crippen molar-refractivity contribution >= 4 is 17.7 Å². The predicted molar refractivity (Wildman–Crippen MR) is 65.9 cm³/mol. The van der Waals surface area contributed by atoms with Crippen molar-refractivity contribution in [2.24, 2.45) is 0 Å². The van der Waals surface area contributed by atoms with Crippen LogP contribution in [0.25, 0.3) is 0 Å². The monoisotopic (exact) mass is 255 g/mol. The standard InChI is InChI=1S/C13H21NO4/c1-2-3-4-5-6-10(15)9-12(16)14-11-7-8-18-13(11)17/h11H,2-9H2,1H3,(H,14,16). The molecule has 1 amide bonds. The molecule has 1 saturated heterocycles. The molecule has 1 aliphatic heterocycles. The zero-order valence-electron chi connectivity index (χ0n) is 10.9. The Morgan fingerprint density at radius 1 is 1.33 bits per heavy atom. The molecule has 102 valence electrons. The number of hydrogen-bond donors (Lipinski definition) is 1. The highest BCUT2D eigenvalue weighted by Crippen LogP contribution is 2.07. The Kier molecular flexibility index (Phi) is 6.39. The molecule has 0 radical (unpaired) electrons. The number of carbonyl (C=O) groups is 3. The Bertz CT molecular complexity index is 314. The van der Waals surface area contributed by atoms with Gasteiger partial charge >= 0.3 is 5.97 Å². The van der Waals surface area contributed by atoms with Gasteiger partial charge in [-0.3, -0.25) is 9.59 Å². The second-order valence-electron chi connectivity index (χ2n) is 4.60. The minimum absolute atomic E-state index is 0.0602. The lowest BCUT2D eigenvalue weighted by molar-refractivity contribution is -0.142. The molecule has 1 fully saturated rings. The van der Waals surface area contributed by atoms with Crippen molar-refractivity contribution in [2.75, 3.05) is 6.61 Å². The summed E-state index contributed by atoms with van der Waals surface area (Å²) in [7, 11) is 0. The summed E-state index contributed by atoms with van der Waals surface area (Å²) in [6, 6.07) is -0.564. The second-order valence-corrected chi connectivity index (χ2v) is 4.60. The van der Waals surface area contributed by atoms with Gasteiger partial charge in [-0.05, 0) is 6.42 Å². The van der Waals surface area contributed by atoms with E-state index in [0.29, 0.717) is 19.4 Å². The number of rotatable bonds is 8. The lowest BCUT2D eigenvalue weighted by atomic mass is 10.1.